The molecule has 1 saturated heterocycles. The Morgan fingerprint density at radius 3 is 2.81 bits per heavy atom. The molecule has 1 aliphatic rings. The summed E-state index contributed by atoms with van der Waals surface area (Å²) in [4.78, 5) is 20.4. The quantitative estimate of drug-likeness (QED) is 0.673. The zero-order chi connectivity index (χ0) is 19.2. The van der Waals surface area contributed by atoms with Gasteiger partial charge in [-0.15, -0.1) is 5.10 Å². The van der Waals surface area contributed by atoms with Crippen LogP contribution in [0.4, 0.5) is 0 Å². The summed E-state index contributed by atoms with van der Waals surface area (Å²) in [7, 11) is 1.74. The van der Waals surface area contributed by atoms with Crippen molar-refractivity contribution in [1.82, 2.24) is 40.1 Å². The van der Waals surface area contributed by atoms with Crippen LogP contribution in [0.15, 0.2) is 4.52 Å². The molecule has 10 heteroatoms. The van der Waals surface area contributed by atoms with Crippen molar-refractivity contribution >= 4 is 5.91 Å². The molecule has 0 N–H and O–H groups in total. The number of likely N-dealkylation sites (tertiary alicyclic amines) is 1. The molecule has 2 aromatic rings. The van der Waals surface area contributed by atoms with Gasteiger partial charge in [-0.3, -0.25) is 9.69 Å². The second-order valence-corrected chi connectivity index (χ2v) is 7.37. The molecular formula is C17H28N8O2. The van der Waals surface area contributed by atoms with E-state index in [1.165, 1.54) is 12.8 Å². The minimum absolute atomic E-state index is 0.0329. The van der Waals surface area contributed by atoms with E-state index in [4.69, 9.17) is 4.52 Å². The average molecular weight is 376 g/mol. The van der Waals surface area contributed by atoms with Crippen LogP contribution in [0.25, 0.3) is 0 Å². The molecule has 3 heterocycles. The molecule has 27 heavy (non-hydrogen) atoms. The summed E-state index contributed by atoms with van der Waals surface area (Å²) in [6.07, 6.45) is 3.55. The van der Waals surface area contributed by atoms with E-state index < -0.39 is 0 Å². The van der Waals surface area contributed by atoms with Crippen molar-refractivity contribution in [2.45, 2.75) is 59.2 Å². The maximum Gasteiger partial charge on any atom is 0.246 e. The molecule has 3 rings (SSSR count). The summed E-state index contributed by atoms with van der Waals surface area (Å²) in [6, 6.07) is 0. The van der Waals surface area contributed by atoms with Gasteiger partial charge < -0.3 is 9.42 Å². The number of amides is 1. The molecule has 0 saturated carbocycles. The van der Waals surface area contributed by atoms with Gasteiger partial charge in [-0.2, -0.15) is 4.98 Å². The predicted molar refractivity (Wildman–Crippen MR) is 96.2 cm³/mol. The van der Waals surface area contributed by atoms with E-state index in [0.717, 1.165) is 31.4 Å². The second-order valence-electron chi connectivity index (χ2n) is 7.37. The van der Waals surface area contributed by atoms with Crippen molar-refractivity contribution in [3.8, 4) is 0 Å². The molecule has 10 nitrogen and oxygen atoms in total. The van der Waals surface area contributed by atoms with Crippen LogP contribution < -0.4 is 0 Å². The lowest BCUT2D eigenvalue weighted by Gasteiger charge is -2.29. The number of aromatic nitrogens is 6. The largest absolute Gasteiger partial charge is 0.337 e. The van der Waals surface area contributed by atoms with E-state index >= 15 is 0 Å². The fraction of sp³-hybridized carbons (Fsp3) is 0.765. The lowest BCUT2D eigenvalue weighted by atomic mass is 9.99. The average Bonchev–Trinajstić information content (AvgIpc) is 3.25. The Kier molecular flexibility index (Phi) is 6.49. The summed E-state index contributed by atoms with van der Waals surface area (Å²) in [5.41, 5.74) is 0. The lowest BCUT2D eigenvalue weighted by Crippen LogP contribution is -2.33. The zero-order valence-electron chi connectivity index (χ0n) is 16.3. The summed E-state index contributed by atoms with van der Waals surface area (Å²) < 4.78 is 6.86. The van der Waals surface area contributed by atoms with E-state index in [-0.39, 0.29) is 5.91 Å². The normalized spacial score (nSPS) is 16.0. The van der Waals surface area contributed by atoms with Gasteiger partial charge >= 0.3 is 0 Å². The topological polar surface area (TPSA) is 106 Å². The highest BCUT2D eigenvalue weighted by atomic mass is 16.5. The SMILES string of the molecule is Cc1noc(CN(C)C(=O)CCCn2nnnc2CN2CCC(C)CC2)n1. The Hall–Kier alpha value is -2.36. The smallest absolute Gasteiger partial charge is 0.246 e. The summed E-state index contributed by atoms with van der Waals surface area (Å²) in [6.45, 7) is 7.95. The van der Waals surface area contributed by atoms with Gasteiger partial charge in [0.25, 0.3) is 0 Å². The Morgan fingerprint density at radius 2 is 2.11 bits per heavy atom. The molecule has 0 aliphatic carbocycles. The minimum atomic E-state index is 0.0329. The molecule has 1 amide bonds. The Bertz CT molecular complexity index is 735. The molecule has 0 atom stereocenters. The number of aryl methyl sites for hydroxylation is 2. The third-order valence-corrected chi connectivity index (χ3v) is 4.98. The maximum atomic E-state index is 12.3. The highest BCUT2D eigenvalue weighted by molar-refractivity contribution is 5.75. The molecule has 0 unspecified atom stereocenters. The van der Waals surface area contributed by atoms with Gasteiger partial charge in [0, 0.05) is 20.0 Å². The molecule has 2 aromatic heterocycles. The van der Waals surface area contributed by atoms with Crippen LogP contribution in [-0.2, 0) is 24.4 Å². The third kappa shape index (κ3) is 5.56. The van der Waals surface area contributed by atoms with Crippen molar-refractivity contribution in [3.63, 3.8) is 0 Å². The van der Waals surface area contributed by atoms with Crippen molar-refractivity contribution in [3.05, 3.63) is 17.5 Å². The predicted octanol–water partition coefficient (Wildman–Crippen LogP) is 1.04. The van der Waals surface area contributed by atoms with Crippen molar-refractivity contribution in [2.24, 2.45) is 5.92 Å². The molecule has 0 aromatic carbocycles. The fourth-order valence-corrected chi connectivity index (χ4v) is 3.20. The number of carbonyl (C=O) groups is 1. The van der Waals surface area contributed by atoms with E-state index in [2.05, 4.69) is 37.5 Å². The van der Waals surface area contributed by atoms with Crippen molar-refractivity contribution in [2.75, 3.05) is 20.1 Å². The highest BCUT2D eigenvalue weighted by Gasteiger charge is 2.19. The lowest BCUT2D eigenvalue weighted by molar-refractivity contribution is -0.130. The number of nitrogens with zero attached hydrogens (tertiary/aromatic N) is 8. The van der Waals surface area contributed by atoms with E-state index in [9.17, 15) is 4.79 Å². The first kappa shape index (κ1) is 19.4. The zero-order valence-corrected chi connectivity index (χ0v) is 16.3. The van der Waals surface area contributed by atoms with Crippen LogP contribution in [0.5, 0.6) is 0 Å². The minimum Gasteiger partial charge on any atom is -0.337 e. The molecule has 1 aliphatic heterocycles. The van der Waals surface area contributed by atoms with E-state index in [0.29, 0.717) is 37.6 Å². The highest BCUT2D eigenvalue weighted by Crippen LogP contribution is 2.17. The number of tetrazole rings is 1. The standard InChI is InChI=1S/C17H28N8O2/c1-13-6-9-24(10-7-13)11-15-19-21-22-25(15)8-4-5-17(26)23(3)12-16-18-14(2)20-27-16/h13H,4-12H2,1-3H3. The Labute approximate surface area is 158 Å². The molecular weight excluding hydrogens is 348 g/mol. The summed E-state index contributed by atoms with van der Waals surface area (Å²) in [5, 5.41) is 15.8. The van der Waals surface area contributed by atoms with Crippen LogP contribution >= 0.6 is 0 Å². The Morgan fingerprint density at radius 1 is 1.33 bits per heavy atom. The van der Waals surface area contributed by atoms with Crippen LogP contribution in [0, 0.1) is 12.8 Å². The van der Waals surface area contributed by atoms with Gasteiger partial charge in [-0.05, 0) is 55.6 Å². The number of carbonyl (C=O) groups excluding carboxylic acids is 1. The molecule has 1 fully saturated rings. The van der Waals surface area contributed by atoms with E-state index in [1.54, 1.807) is 18.9 Å². The first-order chi connectivity index (χ1) is 13.0. The van der Waals surface area contributed by atoms with Gasteiger partial charge in [-0.25, -0.2) is 4.68 Å². The number of hydrogen-bond donors (Lipinski definition) is 0. The number of piperidine rings is 1. The molecule has 148 valence electrons. The van der Waals surface area contributed by atoms with Crippen LogP contribution in [0.2, 0.25) is 0 Å². The van der Waals surface area contributed by atoms with Gasteiger partial charge in [0.15, 0.2) is 11.6 Å². The van der Waals surface area contributed by atoms with Gasteiger partial charge in [0.2, 0.25) is 11.8 Å². The third-order valence-electron chi connectivity index (χ3n) is 4.98. The molecule has 0 spiro atoms. The summed E-state index contributed by atoms with van der Waals surface area (Å²) >= 11 is 0. The van der Waals surface area contributed by atoms with Gasteiger partial charge in [-0.1, -0.05) is 12.1 Å². The van der Waals surface area contributed by atoms with E-state index in [1.807, 2.05) is 4.68 Å². The Balaban J connectivity index is 1.42. The first-order valence-electron chi connectivity index (χ1n) is 9.52. The van der Waals surface area contributed by atoms with Crippen molar-refractivity contribution < 1.29 is 9.32 Å². The maximum absolute atomic E-state index is 12.3. The number of hydrogen-bond acceptors (Lipinski definition) is 8. The van der Waals surface area contributed by atoms with Crippen molar-refractivity contribution in [1.29, 1.82) is 0 Å². The fourth-order valence-electron chi connectivity index (χ4n) is 3.20. The summed E-state index contributed by atoms with van der Waals surface area (Å²) in [5.74, 6) is 2.72. The number of rotatable bonds is 8. The first-order valence-corrected chi connectivity index (χ1v) is 9.52. The van der Waals surface area contributed by atoms with Gasteiger partial charge in [0.1, 0.15) is 0 Å². The van der Waals surface area contributed by atoms with Gasteiger partial charge in [0.05, 0.1) is 13.1 Å². The monoisotopic (exact) mass is 376 g/mol. The molecule has 0 radical (unpaired) electrons. The second kappa shape index (κ2) is 9.03. The van der Waals surface area contributed by atoms with Crippen LogP contribution in [0.3, 0.4) is 0 Å². The van der Waals surface area contributed by atoms with Crippen LogP contribution in [-0.4, -0.2) is 66.2 Å². The molecule has 0 bridgehead atoms. The van der Waals surface area contributed by atoms with Crippen LogP contribution in [0.1, 0.15) is 50.1 Å².